The zero-order chi connectivity index (χ0) is 11.5. The minimum absolute atomic E-state index is 0.0560. The van der Waals surface area contributed by atoms with E-state index in [2.05, 4.69) is 5.32 Å². The van der Waals surface area contributed by atoms with E-state index in [1.54, 1.807) is 6.08 Å². The number of ether oxygens (including phenoxy) is 1. The van der Waals surface area contributed by atoms with Crippen molar-refractivity contribution in [3.63, 3.8) is 0 Å². The maximum Gasteiger partial charge on any atom is 0.157 e. The number of ketones is 1. The molecule has 0 saturated carbocycles. The van der Waals surface area contributed by atoms with E-state index in [-0.39, 0.29) is 17.5 Å². The van der Waals surface area contributed by atoms with Gasteiger partial charge in [0.2, 0.25) is 0 Å². The molecule has 1 aliphatic rings. The van der Waals surface area contributed by atoms with Crippen LogP contribution < -0.4 is 5.32 Å². The van der Waals surface area contributed by atoms with Gasteiger partial charge in [-0.25, -0.2) is 0 Å². The molecular formula is C12H21NO2. The third-order valence-electron chi connectivity index (χ3n) is 2.24. The van der Waals surface area contributed by atoms with Gasteiger partial charge in [0, 0.05) is 24.7 Å². The SMILES string of the molecule is CCC(=O)/C=C1\NCC[C@@H]1OC(C)(C)C. The Balaban J connectivity index is 2.65. The van der Waals surface area contributed by atoms with Gasteiger partial charge in [0.15, 0.2) is 5.78 Å². The van der Waals surface area contributed by atoms with Gasteiger partial charge in [0.1, 0.15) is 0 Å². The molecular weight excluding hydrogens is 190 g/mol. The normalized spacial score (nSPS) is 24.3. The second kappa shape index (κ2) is 4.79. The van der Waals surface area contributed by atoms with Crippen LogP contribution in [-0.2, 0) is 9.53 Å². The molecule has 1 rings (SSSR count). The average Bonchev–Trinajstić information content (AvgIpc) is 2.50. The highest BCUT2D eigenvalue weighted by atomic mass is 16.5. The van der Waals surface area contributed by atoms with Crippen molar-refractivity contribution in [1.82, 2.24) is 5.32 Å². The molecule has 1 N–H and O–H groups in total. The Bertz CT molecular complexity index is 263. The van der Waals surface area contributed by atoms with Gasteiger partial charge in [-0.15, -0.1) is 0 Å². The standard InChI is InChI=1S/C12H21NO2/c1-5-9(14)8-10-11(6-7-13-10)15-12(2,3)4/h8,11,13H,5-7H2,1-4H3/b10-8-/t11-/m0/s1. The molecule has 1 fully saturated rings. The number of carbonyl (C=O) groups excluding carboxylic acids is 1. The van der Waals surface area contributed by atoms with E-state index in [9.17, 15) is 4.79 Å². The summed E-state index contributed by atoms with van der Waals surface area (Å²) in [5.41, 5.74) is 0.780. The van der Waals surface area contributed by atoms with E-state index in [1.165, 1.54) is 0 Å². The fraction of sp³-hybridized carbons (Fsp3) is 0.750. The first-order chi connectivity index (χ1) is 6.92. The van der Waals surface area contributed by atoms with Gasteiger partial charge < -0.3 is 10.1 Å². The highest BCUT2D eigenvalue weighted by Crippen LogP contribution is 2.21. The molecule has 0 aromatic heterocycles. The van der Waals surface area contributed by atoms with Gasteiger partial charge in [-0.05, 0) is 27.2 Å². The van der Waals surface area contributed by atoms with Crippen LogP contribution in [-0.4, -0.2) is 24.0 Å². The molecule has 1 heterocycles. The third-order valence-corrected chi connectivity index (χ3v) is 2.24. The third kappa shape index (κ3) is 4.04. The summed E-state index contributed by atoms with van der Waals surface area (Å²) in [6.07, 6.45) is 3.23. The highest BCUT2D eigenvalue weighted by Gasteiger charge is 2.26. The molecule has 1 saturated heterocycles. The molecule has 86 valence electrons. The first kappa shape index (κ1) is 12.2. The minimum Gasteiger partial charge on any atom is -0.386 e. The summed E-state index contributed by atoms with van der Waals surface area (Å²) in [7, 11) is 0. The van der Waals surface area contributed by atoms with E-state index >= 15 is 0 Å². The summed E-state index contributed by atoms with van der Waals surface area (Å²) < 4.78 is 5.87. The monoisotopic (exact) mass is 211 g/mol. The minimum atomic E-state index is -0.162. The topological polar surface area (TPSA) is 38.3 Å². The molecule has 0 aromatic carbocycles. The molecule has 1 atom stereocenters. The fourth-order valence-electron chi connectivity index (χ4n) is 1.59. The van der Waals surface area contributed by atoms with Crippen molar-refractivity contribution in [1.29, 1.82) is 0 Å². The number of carbonyl (C=O) groups is 1. The summed E-state index contributed by atoms with van der Waals surface area (Å²) in [4.78, 5) is 11.3. The van der Waals surface area contributed by atoms with Crippen LogP contribution >= 0.6 is 0 Å². The van der Waals surface area contributed by atoms with E-state index in [1.807, 2.05) is 27.7 Å². The van der Waals surface area contributed by atoms with E-state index in [4.69, 9.17) is 4.74 Å². The Morgan fingerprint density at radius 3 is 2.80 bits per heavy atom. The molecule has 0 spiro atoms. The Labute approximate surface area is 91.9 Å². The van der Waals surface area contributed by atoms with Gasteiger partial charge in [-0.2, -0.15) is 0 Å². The number of hydrogen-bond acceptors (Lipinski definition) is 3. The Morgan fingerprint density at radius 2 is 2.27 bits per heavy atom. The van der Waals surface area contributed by atoms with Crippen molar-refractivity contribution >= 4 is 5.78 Å². The van der Waals surface area contributed by atoms with Crippen molar-refractivity contribution in [3.05, 3.63) is 11.8 Å². The summed E-state index contributed by atoms with van der Waals surface area (Å²) in [5.74, 6) is 0.155. The van der Waals surface area contributed by atoms with Crippen molar-refractivity contribution in [2.45, 2.75) is 52.2 Å². The Kier molecular flexibility index (Phi) is 3.91. The number of nitrogens with one attached hydrogen (secondary N) is 1. The molecule has 3 nitrogen and oxygen atoms in total. The van der Waals surface area contributed by atoms with E-state index < -0.39 is 0 Å². The average molecular weight is 211 g/mol. The maximum absolute atomic E-state index is 11.3. The van der Waals surface area contributed by atoms with Gasteiger partial charge in [-0.3, -0.25) is 4.79 Å². The summed E-state index contributed by atoms with van der Waals surface area (Å²) in [5, 5.41) is 3.21. The lowest BCUT2D eigenvalue weighted by atomic mass is 10.1. The van der Waals surface area contributed by atoms with Crippen LogP contribution in [0.15, 0.2) is 11.8 Å². The van der Waals surface area contributed by atoms with Crippen molar-refractivity contribution in [2.24, 2.45) is 0 Å². The molecule has 0 aliphatic carbocycles. The van der Waals surface area contributed by atoms with Crippen LogP contribution in [0.2, 0.25) is 0 Å². The fourth-order valence-corrected chi connectivity index (χ4v) is 1.59. The molecule has 0 amide bonds. The first-order valence-corrected chi connectivity index (χ1v) is 5.58. The van der Waals surface area contributed by atoms with E-state index in [0.717, 1.165) is 18.7 Å². The smallest absolute Gasteiger partial charge is 0.157 e. The van der Waals surface area contributed by atoms with Crippen LogP contribution in [0.1, 0.15) is 40.5 Å². The van der Waals surface area contributed by atoms with Crippen LogP contribution in [0.5, 0.6) is 0 Å². The van der Waals surface area contributed by atoms with Crippen molar-refractivity contribution < 1.29 is 9.53 Å². The lowest BCUT2D eigenvalue weighted by Crippen LogP contribution is -2.28. The van der Waals surface area contributed by atoms with Crippen molar-refractivity contribution in [3.8, 4) is 0 Å². The van der Waals surface area contributed by atoms with Gasteiger partial charge in [0.25, 0.3) is 0 Å². The molecule has 3 heteroatoms. The van der Waals surface area contributed by atoms with Gasteiger partial charge in [0.05, 0.1) is 11.7 Å². The largest absolute Gasteiger partial charge is 0.386 e. The summed E-state index contributed by atoms with van der Waals surface area (Å²) in [6, 6.07) is 0. The molecule has 0 radical (unpaired) electrons. The maximum atomic E-state index is 11.3. The quantitative estimate of drug-likeness (QED) is 0.726. The van der Waals surface area contributed by atoms with Gasteiger partial charge in [-0.1, -0.05) is 6.92 Å². The van der Waals surface area contributed by atoms with Crippen LogP contribution in [0.25, 0.3) is 0 Å². The summed E-state index contributed by atoms with van der Waals surface area (Å²) in [6.45, 7) is 8.86. The van der Waals surface area contributed by atoms with Gasteiger partial charge >= 0.3 is 0 Å². The lowest BCUT2D eigenvalue weighted by Gasteiger charge is -2.25. The number of rotatable bonds is 3. The van der Waals surface area contributed by atoms with Crippen molar-refractivity contribution in [2.75, 3.05) is 6.54 Å². The van der Waals surface area contributed by atoms with Crippen LogP contribution in [0, 0.1) is 0 Å². The second-order valence-electron chi connectivity index (χ2n) is 4.85. The summed E-state index contributed by atoms with van der Waals surface area (Å²) >= 11 is 0. The lowest BCUT2D eigenvalue weighted by molar-refractivity contribution is -0.114. The second-order valence-corrected chi connectivity index (χ2v) is 4.85. The Hall–Kier alpha value is -0.830. The molecule has 1 aliphatic heterocycles. The first-order valence-electron chi connectivity index (χ1n) is 5.58. The molecule has 15 heavy (non-hydrogen) atoms. The predicted octanol–water partition coefficient (Wildman–Crippen LogP) is 2.03. The zero-order valence-corrected chi connectivity index (χ0v) is 10.1. The number of allylic oxidation sites excluding steroid dienone is 1. The predicted molar refractivity (Wildman–Crippen MR) is 60.6 cm³/mol. The Morgan fingerprint density at radius 1 is 1.60 bits per heavy atom. The molecule has 0 bridgehead atoms. The van der Waals surface area contributed by atoms with E-state index in [0.29, 0.717) is 6.42 Å². The van der Waals surface area contributed by atoms with Crippen LogP contribution in [0.4, 0.5) is 0 Å². The highest BCUT2D eigenvalue weighted by molar-refractivity contribution is 5.90. The van der Waals surface area contributed by atoms with Crippen LogP contribution in [0.3, 0.4) is 0 Å². The zero-order valence-electron chi connectivity index (χ0n) is 10.1. The number of hydrogen-bond donors (Lipinski definition) is 1. The molecule has 0 aromatic rings. The molecule has 0 unspecified atom stereocenters.